The second kappa shape index (κ2) is 11.7. The van der Waals surface area contributed by atoms with Crippen LogP contribution in [-0.4, -0.2) is 41.8 Å². The number of carbonyl (C=O) groups excluding carboxylic acids is 3. The highest BCUT2D eigenvalue weighted by Crippen LogP contribution is 2.43. The van der Waals surface area contributed by atoms with Crippen molar-refractivity contribution in [2.45, 2.75) is 119 Å². The van der Waals surface area contributed by atoms with Crippen molar-refractivity contribution < 1.29 is 23.9 Å². The monoisotopic (exact) mass is 440 g/mol. The fourth-order valence-corrected chi connectivity index (χ4v) is 3.54. The molecule has 0 fully saturated rings. The zero-order chi connectivity index (χ0) is 24.7. The van der Waals surface area contributed by atoms with Crippen molar-refractivity contribution in [1.29, 1.82) is 0 Å². The zero-order valence-electron chi connectivity index (χ0n) is 22.1. The molecule has 0 spiro atoms. The van der Waals surface area contributed by atoms with Gasteiger partial charge in [0, 0.05) is 12.0 Å². The van der Waals surface area contributed by atoms with Crippen molar-refractivity contribution >= 4 is 17.3 Å². The van der Waals surface area contributed by atoms with Crippen LogP contribution < -0.4 is 0 Å². The highest BCUT2D eigenvalue weighted by atomic mass is 16.5. The predicted octanol–water partition coefficient (Wildman–Crippen LogP) is 5.96. The Morgan fingerprint density at radius 3 is 1.71 bits per heavy atom. The summed E-state index contributed by atoms with van der Waals surface area (Å²) in [4.78, 5) is 38.8. The van der Waals surface area contributed by atoms with Crippen molar-refractivity contribution in [3.05, 3.63) is 0 Å². The third-order valence-corrected chi connectivity index (χ3v) is 7.81. The maximum Gasteiger partial charge on any atom is 0.164 e. The fraction of sp³-hybridized carbons (Fsp3) is 0.885. The summed E-state index contributed by atoms with van der Waals surface area (Å²) < 4.78 is 12.1. The largest absolute Gasteiger partial charge is 0.376 e. The van der Waals surface area contributed by atoms with Crippen LogP contribution >= 0.6 is 0 Å². The number of carbonyl (C=O) groups is 3. The van der Waals surface area contributed by atoms with Crippen molar-refractivity contribution in [2.75, 3.05) is 13.2 Å². The Hall–Kier alpha value is -1.07. The van der Waals surface area contributed by atoms with Gasteiger partial charge in [-0.2, -0.15) is 0 Å². The Kier molecular flexibility index (Phi) is 11.3. The number of rotatable bonds is 16. The predicted molar refractivity (Wildman–Crippen MR) is 126 cm³/mol. The van der Waals surface area contributed by atoms with Gasteiger partial charge >= 0.3 is 0 Å². The lowest BCUT2D eigenvalue weighted by atomic mass is 9.64. The average Bonchev–Trinajstić information content (AvgIpc) is 2.73. The van der Waals surface area contributed by atoms with Crippen LogP contribution in [0.5, 0.6) is 0 Å². The molecule has 0 aromatic carbocycles. The standard InChI is InChI=1S/C26H48O5/c1-12-23(6,7)21(28)18-31-26(11,15-4)25(10,14-3)22(29)20(19(5)27)16-17-30-24(8,9)13-2/h20H,12-18H2,1-11H3. The molecule has 0 aliphatic heterocycles. The van der Waals surface area contributed by atoms with E-state index >= 15 is 0 Å². The van der Waals surface area contributed by atoms with Crippen molar-refractivity contribution in [3.8, 4) is 0 Å². The zero-order valence-corrected chi connectivity index (χ0v) is 22.1. The molecule has 31 heavy (non-hydrogen) atoms. The first kappa shape index (κ1) is 29.9. The van der Waals surface area contributed by atoms with E-state index in [0.717, 1.165) is 12.8 Å². The topological polar surface area (TPSA) is 69.7 Å². The molecule has 3 atom stereocenters. The number of Topliss-reactive ketones (excluding diaryl/α,β-unsaturated/α-hetero) is 3. The molecule has 182 valence electrons. The van der Waals surface area contributed by atoms with Crippen molar-refractivity contribution in [3.63, 3.8) is 0 Å². The quantitative estimate of drug-likeness (QED) is 0.277. The van der Waals surface area contributed by atoms with E-state index in [1.165, 1.54) is 6.92 Å². The van der Waals surface area contributed by atoms with E-state index in [-0.39, 0.29) is 29.6 Å². The third kappa shape index (κ3) is 7.49. The first-order chi connectivity index (χ1) is 14.1. The van der Waals surface area contributed by atoms with E-state index in [4.69, 9.17) is 9.47 Å². The summed E-state index contributed by atoms with van der Waals surface area (Å²) in [7, 11) is 0. The number of hydrogen-bond donors (Lipinski definition) is 0. The van der Waals surface area contributed by atoms with Gasteiger partial charge in [-0.15, -0.1) is 0 Å². The van der Waals surface area contributed by atoms with E-state index in [1.807, 2.05) is 69.2 Å². The van der Waals surface area contributed by atoms with Crippen LogP contribution in [0.2, 0.25) is 0 Å². The van der Waals surface area contributed by atoms with E-state index < -0.39 is 22.3 Å². The van der Waals surface area contributed by atoms with Gasteiger partial charge in [-0.3, -0.25) is 14.4 Å². The average molecular weight is 441 g/mol. The van der Waals surface area contributed by atoms with E-state index in [0.29, 0.717) is 25.9 Å². The Morgan fingerprint density at radius 1 is 0.774 bits per heavy atom. The molecule has 0 heterocycles. The molecular formula is C26H48O5. The second-order valence-corrected chi connectivity index (χ2v) is 10.5. The minimum Gasteiger partial charge on any atom is -0.376 e. The summed E-state index contributed by atoms with van der Waals surface area (Å²) in [6.07, 6.45) is 3.01. The van der Waals surface area contributed by atoms with Gasteiger partial charge in [-0.05, 0) is 66.7 Å². The van der Waals surface area contributed by atoms with Gasteiger partial charge in [0.15, 0.2) is 11.6 Å². The lowest BCUT2D eigenvalue weighted by Gasteiger charge is -2.46. The van der Waals surface area contributed by atoms with Crippen LogP contribution in [0.3, 0.4) is 0 Å². The molecule has 0 aliphatic rings. The fourth-order valence-electron chi connectivity index (χ4n) is 3.54. The van der Waals surface area contributed by atoms with E-state index in [1.54, 1.807) is 0 Å². The minimum atomic E-state index is -0.894. The highest BCUT2D eigenvalue weighted by molar-refractivity contribution is 6.04. The Morgan fingerprint density at radius 2 is 1.32 bits per heavy atom. The second-order valence-electron chi connectivity index (χ2n) is 10.5. The molecule has 0 radical (unpaired) electrons. The van der Waals surface area contributed by atoms with Gasteiger partial charge in [-0.1, -0.05) is 41.5 Å². The highest BCUT2D eigenvalue weighted by Gasteiger charge is 2.51. The van der Waals surface area contributed by atoms with Crippen molar-refractivity contribution in [2.24, 2.45) is 16.7 Å². The maximum absolute atomic E-state index is 13.7. The maximum atomic E-state index is 13.7. The lowest BCUT2D eigenvalue weighted by Crippen LogP contribution is -2.54. The molecule has 0 amide bonds. The molecule has 0 saturated heterocycles. The van der Waals surface area contributed by atoms with Crippen LogP contribution in [0.25, 0.3) is 0 Å². The Bertz CT molecular complexity index is 621. The van der Waals surface area contributed by atoms with Gasteiger partial charge in [-0.25, -0.2) is 0 Å². The summed E-state index contributed by atoms with van der Waals surface area (Å²) in [5.41, 5.74) is -2.50. The minimum absolute atomic E-state index is 0.0268. The third-order valence-electron chi connectivity index (χ3n) is 7.81. The van der Waals surface area contributed by atoms with Crippen LogP contribution in [0.1, 0.15) is 108 Å². The van der Waals surface area contributed by atoms with Gasteiger partial charge < -0.3 is 9.47 Å². The Labute approximate surface area is 191 Å². The van der Waals surface area contributed by atoms with E-state index in [2.05, 4.69) is 0 Å². The first-order valence-electron chi connectivity index (χ1n) is 11.9. The molecule has 0 bridgehead atoms. The van der Waals surface area contributed by atoms with Gasteiger partial charge in [0.05, 0.1) is 22.5 Å². The van der Waals surface area contributed by atoms with Crippen LogP contribution in [0.15, 0.2) is 0 Å². The number of hydrogen-bond acceptors (Lipinski definition) is 5. The SMILES string of the molecule is CCC(C)(C)OCCC(C(C)=O)C(=O)C(C)(CC)C(C)(CC)OCC(=O)C(C)(C)CC. The first-order valence-corrected chi connectivity index (χ1v) is 11.9. The van der Waals surface area contributed by atoms with Crippen LogP contribution in [0, 0.1) is 16.7 Å². The van der Waals surface area contributed by atoms with Gasteiger partial charge in [0.25, 0.3) is 0 Å². The van der Waals surface area contributed by atoms with Crippen LogP contribution in [-0.2, 0) is 23.9 Å². The van der Waals surface area contributed by atoms with E-state index in [9.17, 15) is 14.4 Å². The van der Waals surface area contributed by atoms with Crippen molar-refractivity contribution in [1.82, 2.24) is 0 Å². The summed E-state index contributed by atoms with van der Waals surface area (Å²) in [6, 6.07) is 0. The number of ether oxygens (including phenoxy) is 2. The summed E-state index contributed by atoms with van der Waals surface area (Å²) in [6.45, 7) is 21.3. The molecule has 3 unspecified atom stereocenters. The molecule has 5 heteroatoms. The molecule has 5 nitrogen and oxygen atoms in total. The normalized spacial score (nSPS) is 17.5. The molecule has 0 N–H and O–H groups in total. The summed E-state index contributed by atoms with van der Waals surface area (Å²) >= 11 is 0. The molecule has 0 aromatic heterocycles. The Balaban J connectivity index is 5.69. The number of ketones is 3. The van der Waals surface area contributed by atoms with Crippen LogP contribution in [0.4, 0.5) is 0 Å². The summed E-state index contributed by atoms with van der Waals surface area (Å²) in [5.74, 6) is -0.982. The molecule has 0 aliphatic carbocycles. The lowest BCUT2D eigenvalue weighted by molar-refractivity contribution is -0.169. The smallest absolute Gasteiger partial charge is 0.164 e. The molecular weight excluding hydrogens is 392 g/mol. The molecule has 0 rings (SSSR count). The molecule has 0 aromatic rings. The molecule has 0 saturated carbocycles. The summed E-state index contributed by atoms with van der Waals surface area (Å²) in [5, 5.41) is 0. The van der Waals surface area contributed by atoms with Gasteiger partial charge in [0.2, 0.25) is 0 Å². The van der Waals surface area contributed by atoms with Gasteiger partial charge in [0.1, 0.15) is 12.4 Å².